The van der Waals surface area contributed by atoms with Crippen LogP contribution in [0.5, 0.6) is 0 Å². The van der Waals surface area contributed by atoms with Crippen LogP contribution < -0.4 is 0 Å². The molecule has 3 nitrogen and oxygen atoms in total. The number of benzene rings is 2. The molecule has 1 heterocycles. The summed E-state index contributed by atoms with van der Waals surface area (Å²) in [6.45, 7) is 0. The Morgan fingerprint density at radius 2 is 1.80 bits per heavy atom. The molecule has 0 saturated carbocycles. The van der Waals surface area contributed by atoms with E-state index in [1.165, 1.54) is 6.07 Å². The molecule has 0 atom stereocenters. The van der Waals surface area contributed by atoms with Crippen molar-refractivity contribution in [3.8, 4) is 11.3 Å². The average molecular weight is 307 g/mol. The second kappa shape index (κ2) is 4.85. The van der Waals surface area contributed by atoms with Gasteiger partial charge in [0.15, 0.2) is 0 Å². The van der Waals surface area contributed by atoms with Gasteiger partial charge in [-0.2, -0.15) is 0 Å². The maximum absolute atomic E-state index is 10.9. The maximum Gasteiger partial charge on any atom is 0.335 e. The summed E-state index contributed by atoms with van der Waals surface area (Å²) >= 11 is 11.9. The summed E-state index contributed by atoms with van der Waals surface area (Å²) in [5, 5.41) is 10.6. The van der Waals surface area contributed by atoms with Gasteiger partial charge in [0.1, 0.15) is 11.3 Å². The third-order valence-corrected chi connectivity index (χ3v) is 3.71. The zero-order valence-electron chi connectivity index (χ0n) is 10.1. The fourth-order valence-corrected chi connectivity index (χ4v) is 2.27. The van der Waals surface area contributed by atoms with E-state index in [-0.39, 0.29) is 5.56 Å². The van der Waals surface area contributed by atoms with Gasteiger partial charge in [-0.15, -0.1) is 0 Å². The minimum Gasteiger partial charge on any atom is -0.478 e. The lowest BCUT2D eigenvalue weighted by molar-refractivity contribution is 0.0697. The van der Waals surface area contributed by atoms with E-state index in [4.69, 9.17) is 32.7 Å². The fourth-order valence-electron chi connectivity index (χ4n) is 1.97. The summed E-state index contributed by atoms with van der Waals surface area (Å²) in [5.41, 5.74) is 1.63. The fraction of sp³-hybridized carbons (Fsp3) is 0. The molecule has 0 unspecified atom stereocenters. The van der Waals surface area contributed by atoms with Crippen molar-refractivity contribution in [3.63, 3.8) is 0 Å². The van der Waals surface area contributed by atoms with Gasteiger partial charge in [0.25, 0.3) is 0 Å². The molecule has 1 aromatic heterocycles. The van der Waals surface area contributed by atoms with Crippen LogP contribution in [0.1, 0.15) is 10.4 Å². The predicted molar refractivity (Wildman–Crippen MR) is 78.6 cm³/mol. The Morgan fingerprint density at radius 1 is 1.00 bits per heavy atom. The van der Waals surface area contributed by atoms with Crippen molar-refractivity contribution in [3.05, 3.63) is 58.1 Å². The highest BCUT2D eigenvalue weighted by Gasteiger charge is 2.10. The van der Waals surface area contributed by atoms with Gasteiger partial charge in [-0.05, 0) is 42.5 Å². The Balaban J connectivity index is 2.12. The summed E-state index contributed by atoms with van der Waals surface area (Å²) in [4.78, 5) is 10.9. The lowest BCUT2D eigenvalue weighted by Crippen LogP contribution is -1.94. The highest BCUT2D eigenvalue weighted by Crippen LogP contribution is 2.32. The molecule has 20 heavy (non-hydrogen) atoms. The zero-order valence-corrected chi connectivity index (χ0v) is 11.6. The van der Waals surface area contributed by atoms with Gasteiger partial charge in [0.05, 0.1) is 15.6 Å². The monoisotopic (exact) mass is 306 g/mol. The van der Waals surface area contributed by atoms with E-state index in [1.807, 2.05) is 0 Å². The van der Waals surface area contributed by atoms with E-state index in [0.29, 0.717) is 21.4 Å². The van der Waals surface area contributed by atoms with Gasteiger partial charge in [-0.3, -0.25) is 0 Å². The number of fused-ring (bicyclic) bond motifs is 1. The first-order valence-corrected chi connectivity index (χ1v) is 6.52. The van der Waals surface area contributed by atoms with E-state index in [9.17, 15) is 4.79 Å². The normalized spacial score (nSPS) is 10.9. The molecule has 0 aliphatic rings. The lowest BCUT2D eigenvalue weighted by Gasteiger charge is -1.99. The molecule has 0 amide bonds. The number of carboxylic acid groups (broad SMARTS) is 1. The second-order valence-electron chi connectivity index (χ2n) is 4.30. The van der Waals surface area contributed by atoms with Gasteiger partial charge < -0.3 is 9.52 Å². The molecule has 0 radical (unpaired) electrons. The third kappa shape index (κ3) is 2.26. The molecule has 100 valence electrons. The van der Waals surface area contributed by atoms with Gasteiger partial charge in [-0.1, -0.05) is 23.2 Å². The minimum absolute atomic E-state index is 0.221. The Labute approximate surface area is 124 Å². The number of hydrogen-bond donors (Lipinski definition) is 1. The van der Waals surface area contributed by atoms with Gasteiger partial charge in [0, 0.05) is 10.9 Å². The van der Waals surface area contributed by atoms with E-state index in [2.05, 4.69) is 0 Å². The molecular weight excluding hydrogens is 299 g/mol. The van der Waals surface area contributed by atoms with Crippen molar-refractivity contribution in [2.45, 2.75) is 0 Å². The number of carbonyl (C=O) groups is 1. The van der Waals surface area contributed by atoms with E-state index >= 15 is 0 Å². The SMILES string of the molecule is O=C(O)c1ccc2oc(-c3ccc(Cl)c(Cl)c3)cc2c1. The summed E-state index contributed by atoms with van der Waals surface area (Å²) in [6.07, 6.45) is 0. The minimum atomic E-state index is -0.968. The number of carboxylic acids is 1. The highest BCUT2D eigenvalue weighted by molar-refractivity contribution is 6.42. The van der Waals surface area contributed by atoms with Crippen molar-refractivity contribution in [1.82, 2.24) is 0 Å². The largest absolute Gasteiger partial charge is 0.478 e. The first-order valence-electron chi connectivity index (χ1n) is 5.77. The van der Waals surface area contributed by atoms with Crippen LogP contribution in [0.2, 0.25) is 10.0 Å². The van der Waals surface area contributed by atoms with Crippen molar-refractivity contribution in [2.75, 3.05) is 0 Å². The number of aromatic carboxylic acids is 1. The Bertz CT molecular complexity index is 821. The average Bonchev–Trinajstić information content (AvgIpc) is 2.84. The Morgan fingerprint density at radius 3 is 2.50 bits per heavy atom. The molecule has 0 aliphatic heterocycles. The zero-order chi connectivity index (χ0) is 14.3. The summed E-state index contributed by atoms with van der Waals surface area (Å²) in [6, 6.07) is 11.7. The summed E-state index contributed by atoms with van der Waals surface area (Å²) in [5.74, 6) is -0.356. The lowest BCUT2D eigenvalue weighted by atomic mass is 10.1. The predicted octanol–water partition coefficient (Wildman–Crippen LogP) is 5.10. The molecule has 2 aromatic carbocycles. The standard InChI is InChI=1S/C15H8Cl2O3/c16-11-3-1-8(6-12(11)17)14-7-10-5-9(15(18)19)2-4-13(10)20-14/h1-7H,(H,18,19). The molecule has 0 spiro atoms. The maximum atomic E-state index is 10.9. The van der Waals surface area contributed by atoms with Crippen molar-refractivity contribution in [1.29, 1.82) is 0 Å². The van der Waals surface area contributed by atoms with Crippen molar-refractivity contribution in [2.24, 2.45) is 0 Å². The van der Waals surface area contributed by atoms with E-state index in [1.54, 1.807) is 36.4 Å². The van der Waals surface area contributed by atoms with Crippen LogP contribution in [0.3, 0.4) is 0 Å². The topological polar surface area (TPSA) is 50.4 Å². The molecule has 3 rings (SSSR count). The van der Waals surface area contributed by atoms with Crippen LogP contribution in [0.25, 0.3) is 22.3 Å². The number of hydrogen-bond acceptors (Lipinski definition) is 2. The van der Waals surface area contributed by atoms with Crippen LogP contribution in [-0.4, -0.2) is 11.1 Å². The quantitative estimate of drug-likeness (QED) is 0.716. The molecule has 3 aromatic rings. The number of furan rings is 1. The summed E-state index contributed by atoms with van der Waals surface area (Å²) in [7, 11) is 0. The molecule has 0 saturated heterocycles. The highest BCUT2D eigenvalue weighted by atomic mass is 35.5. The van der Waals surface area contributed by atoms with Gasteiger partial charge in [0.2, 0.25) is 0 Å². The van der Waals surface area contributed by atoms with E-state index < -0.39 is 5.97 Å². The second-order valence-corrected chi connectivity index (χ2v) is 5.11. The Kier molecular flexibility index (Phi) is 3.16. The van der Waals surface area contributed by atoms with Gasteiger partial charge >= 0.3 is 5.97 Å². The third-order valence-electron chi connectivity index (χ3n) is 2.97. The Hall–Kier alpha value is -1.97. The van der Waals surface area contributed by atoms with Crippen molar-refractivity contribution >= 4 is 40.1 Å². The molecule has 0 bridgehead atoms. The summed E-state index contributed by atoms with van der Waals surface area (Å²) < 4.78 is 5.69. The molecule has 0 aliphatic carbocycles. The molecule has 0 fully saturated rings. The van der Waals surface area contributed by atoms with Crippen LogP contribution in [-0.2, 0) is 0 Å². The van der Waals surface area contributed by atoms with E-state index in [0.717, 1.165) is 10.9 Å². The van der Waals surface area contributed by atoms with Crippen LogP contribution in [0, 0.1) is 0 Å². The van der Waals surface area contributed by atoms with Crippen LogP contribution in [0.4, 0.5) is 0 Å². The first-order chi connectivity index (χ1) is 9.54. The van der Waals surface area contributed by atoms with Crippen molar-refractivity contribution < 1.29 is 14.3 Å². The molecule has 5 heteroatoms. The molecular formula is C15H8Cl2O3. The first kappa shape index (κ1) is 13.0. The smallest absolute Gasteiger partial charge is 0.335 e. The number of halogens is 2. The number of rotatable bonds is 2. The van der Waals surface area contributed by atoms with Crippen LogP contribution >= 0.6 is 23.2 Å². The van der Waals surface area contributed by atoms with Crippen LogP contribution in [0.15, 0.2) is 46.9 Å². The molecule has 1 N–H and O–H groups in total. The van der Waals surface area contributed by atoms with Gasteiger partial charge in [-0.25, -0.2) is 4.79 Å².